The van der Waals surface area contributed by atoms with Crippen molar-refractivity contribution in [2.24, 2.45) is 4.99 Å². The monoisotopic (exact) mass is 422 g/mol. The second kappa shape index (κ2) is 11.0. The number of nitrogens with two attached hydrogens (primary N) is 1. The molecule has 0 radical (unpaired) electrons. The number of aromatic nitrogens is 2. The summed E-state index contributed by atoms with van der Waals surface area (Å²) < 4.78 is 0. The Hall–Kier alpha value is -3.39. The number of urea groups is 1. The fourth-order valence-electron chi connectivity index (χ4n) is 2.73. The van der Waals surface area contributed by atoms with E-state index in [4.69, 9.17) is 5.73 Å². The fraction of sp³-hybridized carbons (Fsp3) is 0.182. The first-order valence-corrected chi connectivity index (χ1v) is 10.0. The van der Waals surface area contributed by atoms with Crippen LogP contribution < -0.4 is 16.4 Å². The van der Waals surface area contributed by atoms with Crippen molar-refractivity contribution >= 4 is 36.0 Å². The summed E-state index contributed by atoms with van der Waals surface area (Å²) in [5, 5.41) is 5.53. The lowest BCUT2D eigenvalue weighted by atomic mass is 10.0. The number of hydrogen-bond donors (Lipinski definition) is 3. The van der Waals surface area contributed by atoms with Crippen molar-refractivity contribution in [3.05, 3.63) is 54.9 Å². The molecule has 0 aliphatic rings. The average Bonchev–Trinajstić information content (AvgIpc) is 2.75. The maximum absolute atomic E-state index is 11.7. The molecule has 2 aromatic heterocycles. The quantitative estimate of drug-likeness (QED) is 0.290. The van der Waals surface area contributed by atoms with Gasteiger partial charge in [0.15, 0.2) is 0 Å². The summed E-state index contributed by atoms with van der Waals surface area (Å²) in [6, 6.07) is 13.2. The number of pyridine rings is 2. The van der Waals surface area contributed by atoms with Crippen LogP contribution in [-0.2, 0) is 0 Å². The molecule has 0 saturated carbocycles. The summed E-state index contributed by atoms with van der Waals surface area (Å²) in [6.45, 7) is 6.17. The van der Waals surface area contributed by atoms with Crippen LogP contribution in [0.5, 0.6) is 0 Å². The summed E-state index contributed by atoms with van der Waals surface area (Å²) in [7, 11) is 0. The molecular formula is C22H26N6OS. The van der Waals surface area contributed by atoms with Gasteiger partial charge >= 0.3 is 6.03 Å². The van der Waals surface area contributed by atoms with Gasteiger partial charge in [0.05, 0.1) is 17.3 Å². The predicted molar refractivity (Wildman–Crippen MR) is 126 cm³/mol. The number of aliphatic imine (C=N–C) groups is 1. The molecule has 2 amide bonds. The summed E-state index contributed by atoms with van der Waals surface area (Å²) in [5.74, 6) is 0.848. The molecule has 0 unspecified atom stereocenters. The Morgan fingerprint density at radius 2 is 2.00 bits per heavy atom. The molecule has 0 aliphatic carbocycles. The van der Waals surface area contributed by atoms with E-state index in [0.29, 0.717) is 23.9 Å². The van der Waals surface area contributed by atoms with Crippen LogP contribution in [0.3, 0.4) is 0 Å². The standard InChI is InChI=1S/C21H22N6OS.CH4/c1-3-24-21(28)27-13-29-20-16(17-6-4-5-9-25-17)10-15(11-18(20)23-2)14-7-8-19(22)26-12-14;/h4-12H,2-3,13H2,1H3,(H2,22,26)(H2,24,27,28);1H4. The molecule has 7 nitrogen and oxygen atoms in total. The van der Waals surface area contributed by atoms with Gasteiger partial charge in [-0.25, -0.2) is 9.78 Å². The molecule has 4 N–H and O–H groups in total. The number of nitrogens with one attached hydrogen (secondary N) is 2. The molecule has 0 spiro atoms. The van der Waals surface area contributed by atoms with Gasteiger partial charge in [-0.05, 0) is 55.6 Å². The molecule has 0 atom stereocenters. The molecule has 156 valence electrons. The van der Waals surface area contributed by atoms with E-state index in [1.165, 1.54) is 11.8 Å². The van der Waals surface area contributed by atoms with Crippen LogP contribution in [0.25, 0.3) is 22.4 Å². The summed E-state index contributed by atoms with van der Waals surface area (Å²) in [4.78, 5) is 25.5. The highest BCUT2D eigenvalue weighted by Crippen LogP contribution is 2.41. The number of anilines is 1. The number of nitrogen functional groups attached to an aromatic ring is 1. The van der Waals surface area contributed by atoms with Crippen molar-refractivity contribution in [2.45, 2.75) is 19.2 Å². The Kier molecular flexibility index (Phi) is 8.37. The number of rotatable bonds is 7. The lowest BCUT2D eigenvalue weighted by molar-refractivity contribution is 0.243. The van der Waals surface area contributed by atoms with Crippen molar-refractivity contribution in [1.29, 1.82) is 0 Å². The molecular weight excluding hydrogens is 396 g/mol. The van der Waals surface area contributed by atoms with Gasteiger partial charge in [-0.15, -0.1) is 11.8 Å². The molecule has 3 rings (SSSR count). The number of amides is 2. The van der Waals surface area contributed by atoms with Crippen LogP contribution in [0, 0.1) is 0 Å². The second-order valence-electron chi connectivity index (χ2n) is 6.04. The lowest BCUT2D eigenvalue weighted by Gasteiger charge is -2.15. The van der Waals surface area contributed by atoms with Crippen LogP contribution in [0.2, 0.25) is 0 Å². The van der Waals surface area contributed by atoms with Crippen molar-refractivity contribution < 1.29 is 4.79 Å². The molecule has 2 heterocycles. The molecule has 8 heteroatoms. The van der Waals surface area contributed by atoms with Gasteiger partial charge in [0.25, 0.3) is 0 Å². The third-order valence-corrected chi connectivity index (χ3v) is 5.09. The Morgan fingerprint density at radius 3 is 2.63 bits per heavy atom. The molecule has 3 aromatic rings. The van der Waals surface area contributed by atoms with Gasteiger partial charge < -0.3 is 16.4 Å². The zero-order valence-electron chi connectivity index (χ0n) is 16.1. The maximum Gasteiger partial charge on any atom is 0.315 e. The number of thioether (sulfide) groups is 1. The van der Waals surface area contributed by atoms with E-state index in [1.54, 1.807) is 18.5 Å². The third-order valence-electron chi connectivity index (χ3n) is 4.09. The van der Waals surface area contributed by atoms with E-state index >= 15 is 0 Å². The van der Waals surface area contributed by atoms with Crippen molar-refractivity contribution in [2.75, 3.05) is 18.2 Å². The number of carbonyl (C=O) groups excluding carboxylic acids is 1. The number of nitrogens with zero attached hydrogens (tertiary/aromatic N) is 3. The summed E-state index contributed by atoms with van der Waals surface area (Å²) in [6.07, 6.45) is 3.47. The Bertz CT molecular complexity index is 993. The summed E-state index contributed by atoms with van der Waals surface area (Å²) >= 11 is 1.47. The van der Waals surface area contributed by atoms with Gasteiger partial charge in [0.1, 0.15) is 5.82 Å². The molecule has 30 heavy (non-hydrogen) atoms. The van der Waals surface area contributed by atoms with E-state index in [1.807, 2.05) is 43.3 Å². The van der Waals surface area contributed by atoms with Gasteiger partial charge in [-0.3, -0.25) is 9.98 Å². The highest BCUT2D eigenvalue weighted by Gasteiger charge is 2.15. The van der Waals surface area contributed by atoms with E-state index < -0.39 is 0 Å². The number of benzene rings is 1. The first-order valence-electron chi connectivity index (χ1n) is 9.05. The Labute approximate surface area is 181 Å². The van der Waals surface area contributed by atoms with Gasteiger partial charge in [0, 0.05) is 35.0 Å². The van der Waals surface area contributed by atoms with E-state index in [0.717, 1.165) is 27.3 Å². The topological polar surface area (TPSA) is 105 Å². The van der Waals surface area contributed by atoms with Crippen molar-refractivity contribution in [3.8, 4) is 22.4 Å². The van der Waals surface area contributed by atoms with Crippen molar-refractivity contribution in [1.82, 2.24) is 20.6 Å². The largest absolute Gasteiger partial charge is 0.384 e. The Morgan fingerprint density at radius 1 is 1.17 bits per heavy atom. The zero-order valence-corrected chi connectivity index (χ0v) is 16.9. The van der Waals surface area contributed by atoms with Gasteiger partial charge in [-0.2, -0.15) is 0 Å². The van der Waals surface area contributed by atoms with Crippen LogP contribution in [-0.4, -0.2) is 35.1 Å². The van der Waals surface area contributed by atoms with Crippen LogP contribution >= 0.6 is 11.8 Å². The van der Waals surface area contributed by atoms with Crippen LogP contribution in [0.15, 0.2) is 64.7 Å². The number of carbonyl (C=O) groups is 1. The minimum atomic E-state index is -0.211. The normalized spacial score (nSPS) is 10.0. The van der Waals surface area contributed by atoms with E-state index in [2.05, 4.69) is 32.3 Å². The number of hydrogen-bond acceptors (Lipinski definition) is 6. The molecule has 0 aliphatic heterocycles. The molecule has 0 bridgehead atoms. The zero-order chi connectivity index (χ0) is 20.6. The molecule has 0 saturated heterocycles. The SMILES string of the molecule is C.C=Nc1cc(-c2ccc(N)nc2)cc(-c2ccccn2)c1SCNC(=O)NCC. The first-order chi connectivity index (χ1) is 14.1. The van der Waals surface area contributed by atoms with Crippen LogP contribution in [0.4, 0.5) is 16.3 Å². The smallest absolute Gasteiger partial charge is 0.315 e. The van der Waals surface area contributed by atoms with Gasteiger partial charge in [-0.1, -0.05) is 13.5 Å². The van der Waals surface area contributed by atoms with Crippen LogP contribution in [0.1, 0.15) is 14.4 Å². The average molecular weight is 423 g/mol. The highest BCUT2D eigenvalue weighted by molar-refractivity contribution is 7.99. The fourth-order valence-corrected chi connectivity index (χ4v) is 3.67. The molecule has 0 fully saturated rings. The summed E-state index contributed by atoms with van der Waals surface area (Å²) in [5.41, 5.74) is 9.99. The third kappa shape index (κ3) is 5.57. The lowest BCUT2D eigenvalue weighted by Crippen LogP contribution is -2.34. The predicted octanol–water partition coefficient (Wildman–Crippen LogP) is 4.73. The Balaban J connectivity index is 0.00000320. The van der Waals surface area contributed by atoms with Gasteiger partial charge in [0.2, 0.25) is 0 Å². The second-order valence-corrected chi connectivity index (χ2v) is 7.03. The minimum absolute atomic E-state index is 0. The van der Waals surface area contributed by atoms with Crippen molar-refractivity contribution in [3.63, 3.8) is 0 Å². The van der Waals surface area contributed by atoms with E-state index in [-0.39, 0.29) is 13.5 Å². The first kappa shape index (κ1) is 22.9. The maximum atomic E-state index is 11.7. The molecule has 1 aromatic carbocycles. The minimum Gasteiger partial charge on any atom is -0.384 e. The van der Waals surface area contributed by atoms with E-state index in [9.17, 15) is 4.79 Å². The highest BCUT2D eigenvalue weighted by atomic mass is 32.2.